The first-order chi connectivity index (χ1) is 9.67. The summed E-state index contributed by atoms with van der Waals surface area (Å²) in [5, 5.41) is 3.58. The van der Waals surface area contributed by atoms with E-state index in [0.29, 0.717) is 17.5 Å². The molecule has 1 aliphatic rings. The van der Waals surface area contributed by atoms with Crippen LogP contribution in [0.3, 0.4) is 0 Å². The van der Waals surface area contributed by atoms with Gasteiger partial charge in [0.05, 0.1) is 0 Å². The Labute approximate surface area is 129 Å². The lowest BCUT2D eigenvalue weighted by Gasteiger charge is -2.25. The molecule has 0 saturated heterocycles. The van der Waals surface area contributed by atoms with Gasteiger partial charge in [-0.05, 0) is 43.8 Å². The molecule has 0 aliphatic heterocycles. The van der Waals surface area contributed by atoms with Crippen LogP contribution in [0.1, 0.15) is 71.6 Å². The van der Waals surface area contributed by atoms with Crippen LogP contribution in [0.25, 0.3) is 0 Å². The average molecular weight is 298 g/mol. The predicted molar refractivity (Wildman–Crippen MR) is 88.7 cm³/mol. The first-order valence-corrected chi connectivity index (χ1v) is 8.67. The quantitative estimate of drug-likeness (QED) is 0.690. The van der Waals surface area contributed by atoms with Gasteiger partial charge < -0.3 is 10.2 Å². The Morgan fingerprint density at radius 3 is 2.20 bits per heavy atom. The van der Waals surface area contributed by atoms with E-state index >= 15 is 0 Å². The normalized spacial score (nSPS) is 15.3. The van der Waals surface area contributed by atoms with Crippen molar-refractivity contribution < 1.29 is 4.79 Å². The first kappa shape index (κ1) is 17.4. The molecule has 0 spiro atoms. The maximum Gasteiger partial charge on any atom is 0.226 e. The number of hydrogen-bond donors (Lipinski definition) is 1. The van der Waals surface area contributed by atoms with Crippen LogP contribution >= 0.6 is 12.2 Å². The number of rotatable bonds is 8. The number of thiocarbonyl (C=S) groups is 1. The van der Waals surface area contributed by atoms with Crippen LogP contribution in [-0.2, 0) is 4.79 Å². The Kier molecular flexibility index (Phi) is 8.83. The summed E-state index contributed by atoms with van der Waals surface area (Å²) < 4.78 is 0. The molecule has 3 nitrogen and oxygen atoms in total. The summed E-state index contributed by atoms with van der Waals surface area (Å²) in [6.45, 7) is 6.28. The number of carbonyl (C=O) groups is 1. The van der Waals surface area contributed by atoms with E-state index in [-0.39, 0.29) is 5.91 Å². The minimum absolute atomic E-state index is 0.111. The summed E-state index contributed by atoms with van der Waals surface area (Å²) in [6, 6.07) is 0. The highest BCUT2D eigenvalue weighted by atomic mass is 32.1. The molecule has 0 aromatic rings. The smallest absolute Gasteiger partial charge is 0.226 e. The van der Waals surface area contributed by atoms with Crippen molar-refractivity contribution >= 4 is 23.2 Å². The summed E-state index contributed by atoms with van der Waals surface area (Å²) in [6.07, 6.45) is 10.2. The van der Waals surface area contributed by atoms with Crippen LogP contribution < -0.4 is 5.32 Å². The van der Waals surface area contributed by atoms with Crippen molar-refractivity contribution in [2.24, 2.45) is 5.92 Å². The molecular weight excluding hydrogens is 268 g/mol. The van der Waals surface area contributed by atoms with E-state index in [1.165, 1.54) is 25.7 Å². The maximum atomic E-state index is 12.0. The highest BCUT2D eigenvalue weighted by Crippen LogP contribution is 2.27. The zero-order valence-electron chi connectivity index (χ0n) is 13.1. The third-order valence-electron chi connectivity index (χ3n) is 4.05. The minimum atomic E-state index is 0.111. The number of unbranched alkanes of at least 4 members (excludes halogenated alkanes) is 2. The number of carbonyl (C=O) groups excluding carboxylic acids is 1. The molecule has 1 rings (SSSR count). The van der Waals surface area contributed by atoms with Gasteiger partial charge in [0, 0.05) is 19.5 Å². The maximum absolute atomic E-state index is 12.0. The zero-order chi connectivity index (χ0) is 14.8. The van der Waals surface area contributed by atoms with Crippen molar-refractivity contribution in [3.63, 3.8) is 0 Å². The molecular formula is C16H30N2OS. The van der Waals surface area contributed by atoms with E-state index in [4.69, 9.17) is 12.2 Å². The Hall–Kier alpha value is -0.640. The zero-order valence-corrected chi connectivity index (χ0v) is 13.9. The van der Waals surface area contributed by atoms with Crippen molar-refractivity contribution in [3.8, 4) is 0 Å². The molecule has 1 amide bonds. The van der Waals surface area contributed by atoms with Crippen molar-refractivity contribution in [1.29, 1.82) is 0 Å². The highest BCUT2D eigenvalue weighted by molar-refractivity contribution is 7.80. The van der Waals surface area contributed by atoms with E-state index in [0.717, 1.165) is 38.8 Å². The number of nitrogens with one attached hydrogen (secondary N) is 1. The number of nitrogens with zero attached hydrogens (tertiary/aromatic N) is 1. The summed E-state index contributed by atoms with van der Waals surface area (Å²) in [7, 11) is 0. The van der Waals surface area contributed by atoms with E-state index < -0.39 is 0 Å². The Morgan fingerprint density at radius 2 is 1.70 bits per heavy atom. The second-order valence-corrected chi connectivity index (χ2v) is 6.29. The van der Waals surface area contributed by atoms with Crippen molar-refractivity contribution in [2.75, 3.05) is 13.1 Å². The molecule has 1 N–H and O–H groups in total. The first-order valence-electron chi connectivity index (χ1n) is 8.26. The topological polar surface area (TPSA) is 32.3 Å². The largest absolute Gasteiger partial charge is 0.349 e. The van der Waals surface area contributed by atoms with Crippen LogP contribution in [0, 0.1) is 5.92 Å². The van der Waals surface area contributed by atoms with Crippen molar-refractivity contribution in [2.45, 2.75) is 71.6 Å². The van der Waals surface area contributed by atoms with Gasteiger partial charge in [0.25, 0.3) is 0 Å². The molecule has 1 fully saturated rings. The molecule has 20 heavy (non-hydrogen) atoms. The number of hydrogen-bond acceptors (Lipinski definition) is 2. The molecule has 0 bridgehead atoms. The molecule has 0 aromatic heterocycles. The van der Waals surface area contributed by atoms with E-state index in [2.05, 4.69) is 24.1 Å². The Balaban J connectivity index is 2.35. The van der Waals surface area contributed by atoms with E-state index in [1.807, 2.05) is 0 Å². The monoisotopic (exact) mass is 298 g/mol. The van der Waals surface area contributed by atoms with Crippen LogP contribution in [-0.4, -0.2) is 29.0 Å². The van der Waals surface area contributed by atoms with Gasteiger partial charge in [0.2, 0.25) is 5.91 Å². The third kappa shape index (κ3) is 6.69. The molecule has 116 valence electrons. The van der Waals surface area contributed by atoms with Crippen LogP contribution in [0.2, 0.25) is 0 Å². The SMILES string of the molecule is CCCCN(CCCC)C(=S)NC(=O)CC1CCCC1. The highest BCUT2D eigenvalue weighted by Gasteiger charge is 2.19. The molecule has 1 aliphatic carbocycles. The van der Waals surface area contributed by atoms with Gasteiger partial charge in [0.1, 0.15) is 0 Å². The van der Waals surface area contributed by atoms with Gasteiger partial charge in [-0.25, -0.2) is 0 Å². The fraction of sp³-hybridized carbons (Fsp3) is 0.875. The van der Waals surface area contributed by atoms with Gasteiger partial charge in [-0.1, -0.05) is 39.5 Å². The summed E-state index contributed by atoms with van der Waals surface area (Å²) in [5.41, 5.74) is 0. The van der Waals surface area contributed by atoms with Gasteiger partial charge in [-0.2, -0.15) is 0 Å². The summed E-state index contributed by atoms with van der Waals surface area (Å²) in [4.78, 5) is 14.2. The molecule has 0 unspecified atom stereocenters. The van der Waals surface area contributed by atoms with Crippen molar-refractivity contribution in [1.82, 2.24) is 10.2 Å². The standard InChI is InChI=1S/C16H30N2OS/c1-3-5-11-18(12-6-4-2)16(20)17-15(19)13-14-9-7-8-10-14/h14H,3-13H2,1-2H3,(H,17,19,20). The second-order valence-electron chi connectivity index (χ2n) is 5.90. The summed E-state index contributed by atoms with van der Waals surface area (Å²) in [5.74, 6) is 0.692. The molecule has 0 aromatic carbocycles. The Morgan fingerprint density at radius 1 is 1.15 bits per heavy atom. The summed E-state index contributed by atoms with van der Waals surface area (Å²) >= 11 is 5.41. The van der Waals surface area contributed by atoms with Crippen LogP contribution in [0.5, 0.6) is 0 Å². The minimum Gasteiger partial charge on any atom is -0.349 e. The average Bonchev–Trinajstić information content (AvgIpc) is 2.91. The van der Waals surface area contributed by atoms with Crippen molar-refractivity contribution in [3.05, 3.63) is 0 Å². The predicted octanol–water partition coefficient (Wildman–Crippen LogP) is 3.87. The van der Waals surface area contributed by atoms with E-state index in [9.17, 15) is 4.79 Å². The second kappa shape index (κ2) is 10.1. The fourth-order valence-electron chi connectivity index (χ4n) is 2.74. The fourth-order valence-corrected chi connectivity index (χ4v) is 3.04. The molecule has 0 radical (unpaired) electrons. The van der Waals surface area contributed by atoms with Gasteiger partial charge in [0.15, 0.2) is 5.11 Å². The molecule has 1 saturated carbocycles. The van der Waals surface area contributed by atoms with Gasteiger partial charge in [-0.15, -0.1) is 0 Å². The van der Waals surface area contributed by atoms with E-state index in [1.54, 1.807) is 0 Å². The number of amides is 1. The lowest BCUT2D eigenvalue weighted by Crippen LogP contribution is -2.43. The van der Waals surface area contributed by atoms with Gasteiger partial charge >= 0.3 is 0 Å². The van der Waals surface area contributed by atoms with Gasteiger partial charge in [-0.3, -0.25) is 4.79 Å². The lowest BCUT2D eigenvalue weighted by atomic mass is 10.0. The third-order valence-corrected chi connectivity index (χ3v) is 4.41. The molecule has 0 atom stereocenters. The Bertz CT molecular complexity index is 293. The molecule has 4 heteroatoms. The van der Waals surface area contributed by atoms with Crippen LogP contribution in [0.4, 0.5) is 0 Å². The molecule has 0 heterocycles. The lowest BCUT2D eigenvalue weighted by molar-refractivity contribution is -0.120. The van der Waals surface area contributed by atoms with Crippen LogP contribution in [0.15, 0.2) is 0 Å².